The van der Waals surface area contributed by atoms with E-state index >= 15 is 0 Å². The van der Waals surface area contributed by atoms with Crippen LogP contribution < -0.4 is 14.8 Å². The maximum Gasteiger partial charge on any atom is 0.317 e. The average Bonchev–Trinajstić information content (AvgIpc) is 2.68. The second kappa shape index (κ2) is 9.93. The van der Waals surface area contributed by atoms with E-state index in [4.69, 9.17) is 14.2 Å². The third-order valence-electron chi connectivity index (χ3n) is 3.57. The molecule has 0 aliphatic carbocycles. The molecule has 0 saturated heterocycles. The van der Waals surface area contributed by atoms with E-state index in [2.05, 4.69) is 5.32 Å². The molecule has 0 heterocycles. The Morgan fingerprint density at radius 2 is 1.79 bits per heavy atom. The molecule has 1 N–H and O–H groups in total. The number of esters is 1. The molecular formula is C19H19F2NO5S. The maximum atomic E-state index is 13.5. The molecule has 0 saturated carbocycles. The smallest absolute Gasteiger partial charge is 0.317 e. The lowest BCUT2D eigenvalue weighted by Crippen LogP contribution is -2.30. The number of hydrogen-bond donors (Lipinski definition) is 1. The van der Waals surface area contributed by atoms with Crippen molar-refractivity contribution in [3.63, 3.8) is 0 Å². The minimum Gasteiger partial charge on any atom is -0.493 e. The van der Waals surface area contributed by atoms with E-state index in [0.717, 1.165) is 30.0 Å². The van der Waals surface area contributed by atoms with E-state index in [1.807, 2.05) is 0 Å². The fourth-order valence-electron chi connectivity index (χ4n) is 2.17. The molecule has 1 amide bonds. The van der Waals surface area contributed by atoms with Crippen LogP contribution in [-0.2, 0) is 14.3 Å². The molecule has 2 aromatic carbocycles. The van der Waals surface area contributed by atoms with Crippen molar-refractivity contribution in [3.8, 4) is 11.5 Å². The molecule has 0 aliphatic rings. The largest absolute Gasteiger partial charge is 0.493 e. The summed E-state index contributed by atoms with van der Waals surface area (Å²) in [6.45, 7) is 1.40. The Morgan fingerprint density at radius 3 is 2.46 bits per heavy atom. The van der Waals surface area contributed by atoms with Gasteiger partial charge in [-0.2, -0.15) is 0 Å². The Bertz CT molecular complexity index is 862. The Hall–Kier alpha value is -2.81. The topological polar surface area (TPSA) is 73.9 Å². The van der Waals surface area contributed by atoms with E-state index in [9.17, 15) is 18.4 Å². The van der Waals surface area contributed by atoms with Crippen LogP contribution in [0.25, 0.3) is 0 Å². The summed E-state index contributed by atoms with van der Waals surface area (Å²) < 4.78 is 42.0. The highest BCUT2D eigenvalue weighted by Crippen LogP contribution is 2.29. The van der Waals surface area contributed by atoms with E-state index < -0.39 is 29.6 Å². The van der Waals surface area contributed by atoms with Crippen molar-refractivity contribution in [1.29, 1.82) is 0 Å². The van der Waals surface area contributed by atoms with Gasteiger partial charge in [0.15, 0.2) is 17.6 Å². The van der Waals surface area contributed by atoms with Crippen LogP contribution in [0.2, 0.25) is 0 Å². The standard InChI is InChI=1S/C19H19F2NO5S/c1-11(19(24)22-13-5-7-15(25-2)16(9-13)26-3)27-18(23)10-28-17-8-12(20)4-6-14(17)21/h4-9,11H,10H2,1-3H3,(H,22,24)/t11-/m0/s1. The molecule has 0 radical (unpaired) electrons. The number of nitrogens with one attached hydrogen (secondary N) is 1. The van der Waals surface area contributed by atoms with Crippen molar-refractivity contribution < 1.29 is 32.6 Å². The highest BCUT2D eigenvalue weighted by molar-refractivity contribution is 8.00. The fraction of sp³-hybridized carbons (Fsp3) is 0.263. The number of hydrogen-bond acceptors (Lipinski definition) is 6. The van der Waals surface area contributed by atoms with Gasteiger partial charge >= 0.3 is 5.97 Å². The van der Waals surface area contributed by atoms with Gasteiger partial charge in [-0.3, -0.25) is 9.59 Å². The van der Waals surface area contributed by atoms with Crippen LogP contribution in [0.15, 0.2) is 41.3 Å². The second-order valence-corrected chi connectivity index (χ2v) is 6.57. The molecule has 0 unspecified atom stereocenters. The van der Waals surface area contributed by atoms with Crippen LogP contribution in [0.3, 0.4) is 0 Å². The van der Waals surface area contributed by atoms with Gasteiger partial charge in [-0.25, -0.2) is 8.78 Å². The van der Waals surface area contributed by atoms with Crippen LogP contribution in [0.4, 0.5) is 14.5 Å². The van der Waals surface area contributed by atoms with Gasteiger partial charge in [0.25, 0.3) is 5.91 Å². The first kappa shape index (κ1) is 21.5. The Kier molecular flexibility index (Phi) is 7.62. The number of halogens is 2. The highest BCUT2D eigenvalue weighted by Gasteiger charge is 2.19. The van der Waals surface area contributed by atoms with Crippen molar-refractivity contribution in [2.45, 2.75) is 17.9 Å². The summed E-state index contributed by atoms with van der Waals surface area (Å²) in [5.41, 5.74) is 0.432. The van der Waals surface area contributed by atoms with Gasteiger partial charge in [0.1, 0.15) is 11.6 Å². The molecule has 0 spiro atoms. The number of rotatable bonds is 8. The van der Waals surface area contributed by atoms with E-state index in [-0.39, 0.29) is 10.6 Å². The normalized spacial score (nSPS) is 11.5. The van der Waals surface area contributed by atoms with Gasteiger partial charge in [0.05, 0.1) is 20.0 Å². The Morgan fingerprint density at radius 1 is 1.07 bits per heavy atom. The van der Waals surface area contributed by atoms with Crippen molar-refractivity contribution in [1.82, 2.24) is 0 Å². The summed E-state index contributed by atoms with van der Waals surface area (Å²) >= 11 is 0.784. The van der Waals surface area contributed by atoms with Crippen molar-refractivity contribution >= 4 is 29.3 Å². The van der Waals surface area contributed by atoms with Crippen molar-refractivity contribution in [2.75, 3.05) is 25.3 Å². The lowest BCUT2D eigenvalue weighted by molar-refractivity contribution is -0.150. The quantitative estimate of drug-likeness (QED) is 0.528. The Labute approximate surface area is 165 Å². The molecule has 28 heavy (non-hydrogen) atoms. The SMILES string of the molecule is COc1ccc(NC(=O)[C@H](C)OC(=O)CSc2cc(F)ccc2F)cc1OC. The number of ether oxygens (including phenoxy) is 3. The zero-order valence-corrected chi connectivity index (χ0v) is 16.3. The summed E-state index contributed by atoms with van der Waals surface area (Å²) in [5.74, 6) is -1.88. The number of carbonyl (C=O) groups is 2. The minimum absolute atomic E-state index is 0.0145. The number of methoxy groups -OCH3 is 2. The molecule has 2 rings (SSSR count). The first-order chi connectivity index (χ1) is 13.3. The van der Waals surface area contributed by atoms with Gasteiger partial charge in [0.2, 0.25) is 0 Å². The molecule has 1 atom stereocenters. The zero-order valence-electron chi connectivity index (χ0n) is 15.5. The van der Waals surface area contributed by atoms with Gasteiger partial charge in [-0.1, -0.05) is 0 Å². The Balaban J connectivity index is 1.89. The van der Waals surface area contributed by atoms with Crippen LogP contribution in [0, 0.1) is 11.6 Å². The third kappa shape index (κ3) is 5.85. The summed E-state index contributed by atoms with van der Waals surface area (Å²) in [4.78, 5) is 24.1. The number of carbonyl (C=O) groups excluding carboxylic acids is 2. The van der Waals surface area contributed by atoms with E-state index in [1.165, 1.54) is 21.1 Å². The van der Waals surface area contributed by atoms with Gasteiger partial charge < -0.3 is 19.5 Å². The van der Waals surface area contributed by atoms with Gasteiger partial charge in [0, 0.05) is 16.6 Å². The number of anilines is 1. The molecule has 0 aromatic heterocycles. The second-order valence-electron chi connectivity index (χ2n) is 5.55. The number of benzene rings is 2. The maximum absolute atomic E-state index is 13.5. The molecule has 6 nitrogen and oxygen atoms in total. The predicted molar refractivity (Wildman–Crippen MR) is 101 cm³/mol. The summed E-state index contributed by atoms with van der Waals surface area (Å²) in [7, 11) is 2.96. The molecule has 150 valence electrons. The van der Waals surface area contributed by atoms with Crippen molar-refractivity contribution in [3.05, 3.63) is 48.0 Å². The van der Waals surface area contributed by atoms with Gasteiger partial charge in [-0.05, 0) is 37.3 Å². The zero-order chi connectivity index (χ0) is 20.7. The summed E-state index contributed by atoms with van der Waals surface area (Å²) in [5, 5.41) is 2.60. The third-order valence-corrected chi connectivity index (χ3v) is 4.57. The lowest BCUT2D eigenvalue weighted by Gasteiger charge is -2.15. The van der Waals surface area contributed by atoms with Crippen LogP contribution >= 0.6 is 11.8 Å². The molecule has 2 aromatic rings. The van der Waals surface area contributed by atoms with Crippen LogP contribution in [0.5, 0.6) is 11.5 Å². The summed E-state index contributed by atoms with van der Waals surface area (Å²) in [6, 6.07) is 7.74. The van der Waals surface area contributed by atoms with Gasteiger partial charge in [-0.15, -0.1) is 11.8 Å². The van der Waals surface area contributed by atoms with Crippen LogP contribution in [-0.4, -0.2) is 38.0 Å². The minimum atomic E-state index is -1.08. The fourth-order valence-corrected chi connectivity index (χ4v) is 2.91. The van der Waals surface area contributed by atoms with E-state index in [1.54, 1.807) is 18.2 Å². The molecule has 0 fully saturated rings. The lowest BCUT2D eigenvalue weighted by atomic mass is 10.2. The van der Waals surface area contributed by atoms with Crippen LogP contribution in [0.1, 0.15) is 6.92 Å². The monoisotopic (exact) mass is 411 g/mol. The molecular weight excluding hydrogens is 392 g/mol. The predicted octanol–water partition coefficient (Wildman–Crippen LogP) is 3.64. The van der Waals surface area contributed by atoms with Crippen molar-refractivity contribution in [2.24, 2.45) is 0 Å². The first-order valence-corrected chi connectivity index (χ1v) is 9.12. The highest BCUT2D eigenvalue weighted by atomic mass is 32.2. The number of amides is 1. The van der Waals surface area contributed by atoms with E-state index in [0.29, 0.717) is 17.2 Å². The molecule has 0 bridgehead atoms. The summed E-state index contributed by atoms with van der Waals surface area (Å²) in [6.07, 6.45) is -1.08. The average molecular weight is 411 g/mol. The molecule has 9 heteroatoms. The molecule has 0 aliphatic heterocycles. The number of thioether (sulfide) groups is 1. The first-order valence-electron chi connectivity index (χ1n) is 8.14.